The maximum atomic E-state index is 14.7. The molecular weight excluding hydrogens is 538 g/mol. The molecule has 240 valence electrons. The number of aliphatic imine (C=N–C) groups is 1. The van der Waals surface area contributed by atoms with Crippen molar-refractivity contribution in [1.82, 2.24) is 9.80 Å². The highest BCUT2D eigenvalue weighted by atomic mass is 16.5. The third-order valence-corrected chi connectivity index (χ3v) is 9.62. The van der Waals surface area contributed by atoms with E-state index in [4.69, 9.17) is 14.5 Å². The molecule has 0 radical (unpaired) electrons. The second-order valence-electron chi connectivity index (χ2n) is 15.6. The molecule has 1 aliphatic carbocycles. The van der Waals surface area contributed by atoms with Crippen LogP contribution in [-0.2, 0) is 14.3 Å². The minimum Gasteiger partial charge on any atom is -0.459 e. The molecular formula is C36H57N3O4. The number of likely N-dealkylation sites (tertiary alicyclic amines) is 1. The summed E-state index contributed by atoms with van der Waals surface area (Å²) in [6, 6.07) is 7.62. The minimum absolute atomic E-state index is 0.0496. The lowest BCUT2D eigenvalue weighted by atomic mass is 9.69. The Hall–Kier alpha value is -2.41. The molecule has 4 rings (SSSR count). The van der Waals surface area contributed by atoms with Crippen LogP contribution in [0.3, 0.4) is 0 Å². The van der Waals surface area contributed by atoms with Gasteiger partial charge in [0.2, 0.25) is 0 Å². The van der Waals surface area contributed by atoms with Gasteiger partial charge in [0.1, 0.15) is 5.66 Å². The van der Waals surface area contributed by atoms with Crippen LogP contribution in [0.4, 0.5) is 0 Å². The molecule has 1 amide bonds. The van der Waals surface area contributed by atoms with Gasteiger partial charge in [-0.3, -0.25) is 4.79 Å². The Labute approximate surface area is 260 Å². The zero-order valence-electron chi connectivity index (χ0n) is 28.4. The molecule has 0 bridgehead atoms. The van der Waals surface area contributed by atoms with E-state index >= 15 is 0 Å². The van der Waals surface area contributed by atoms with Crippen LogP contribution >= 0.6 is 0 Å². The van der Waals surface area contributed by atoms with E-state index in [2.05, 4.69) is 51.3 Å². The third-order valence-electron chi connectivity index (χ3n) is 9.62. The van der Waals surface area contributed by atoms with Gasteiger partial charge >= 0.3 is 5.97 Å². The fourth-order valence-electron chi connectivity index (χ4n) is 7.17. The fraction of sp³-hybridized carbons (Fsp3) is 0.750. The monoisotopic (exact) mass is 595 g/mol. The van der Waals surface area contributed by atoms with Crippen LogP contribution in [0.2, 0.25) is 0 Å². The van der Waals surface area contributed by atoms with E-state index in [0.29, 0.717) is 30.5 Å². The van der Waals surface area contributed by atoms with E-state index in [-0.39, 0.29) is 41.0 Å². The summed E-state index contributed by atoms with van der Waals surface area (Å²) in [7, 11) is 0. The van der Waals surface area contributed by atoms with Crippen molar-refractivity contribution in [2.24, 2.45) is 21.7 Å². The van der Waals surface area contributed by atoms with Crippen LogP contribution in [0.25, 0.3) is 0 Å². The van der Waals surface area contributed by atoms with E-state index in [0.717, 1.165) is 63.5 Å². The summed E-state index contributed by atoms with van der Waals surface area (Å²) in [4.78, 5) is 37.1. The van der Waals surface area contributed by atoms with Crippen LogP contribution < -0.4 is 0 Å². The number of carbonyl (C=O) groups is 2. The maximum absolute atomic E-state index is 14.7. The van der Waals surface area contributed by atoms with E-state index in [9.17, 15) is 9.59 Å². The molecule has 2 fully saturated rings. The summed E-state index contributed by atoms with van der Waals surface area (Å²) >= 11 is 0. The Balaban J connectivity index is 1.72. The van der Waals surface area contributed by atoms with E-state index in [1.54, 1.807) is 0 Å². The normalized spacial score (nSPS) is 25.8. The van der Waals surface area contributed by atoms with E-state index in [1.807, 2.05) is 45.0 Å². The van der Waals surface area contributed by atoms with Crippen molar-refractivity contribution in [3.05, 3.63) is 35.4 Å². The Morgan fingerprint density at radius 2 is 1.70 bits per heavy atom. The van der Waals surface area contributed by atoms with Gasteiger partial charge in [-0.05, 0) is 107 Å². The Morgan fingerprint density at radius 1 is 1.05 bits per heavy atom. The first-order valence-corrected chi connectivity index (χ1v) is 16.7. The van der Waals surface area contributed by atoms with Crippen molar-refractivity contribution in [1.29, 1.82) is 0 Å². The number of amides is 1. The molecule has 43 heavy (non-hydrogen) atoms. The van der Waals surface area contributed by atoms with Crippen molar-refractivity contribution in [3.8, 4) is 0 Å². The molecule has 2 atom stereocenters. The predicted octanol–water partition coefficient (Wildman–Crippen LogP) is 7.79. The second kappa shape index (κ2) is 13.3. The van der Waals surface area contributed by atoms with E-state index < -0.39 is 5.66 Å². The van der Waals surface area contributed by atoms with E-state index in [1.165, 1.54) is 0 Å². The molecule has 7 heteroatoms. The number of piperidine rings is 1. The number of benzene rings is 1. The van der Waals surface area contributed by atoms with Gasteiger partial charge in [-0.1, -0.05) is 53.7 Å². The highest BCUT2D eigenvalue weighted by Gasteiger charge is 2.54. The number of nitrogens with zero attached hydrogens (tertiary/aromatic N) is 3. The first-order valence-electron chi connectivity index (χ1n) is 16.7. The quantitative estimate of drug-likeness (QED) is 0.287. The Bertz CT molecular complexity index is 1130. The van der Waals surface area contributed by atoms with Gasteiger partial charge in [-0.15, -0.1) is 0 Å². The van der Waals surface area contributed by atoms with Crippen LogP contribution in [0.5, 0.6) is 0 Å². The Morgan fingerprint density at radius 3 is 2.26 bits per heavy atom. The molecule has 3 aliphatic rings. The number of hydrogen-bond acceptors (Lipinski definition) is 6. The zero-order chi connectivity index (χ0) is 31.6. The summed E-state index contributed by atoms with van der Waals surface area (Å²) in [5, 5.41) is 0. The predicted molar refractivity (Wildman–Crippen MR) is 173 cm³/mol. The number of carbonyl (C=O) groups excluding carboxylic acids is 2. The second-order valence-corrected chi connectivity index (χ2v) is 15.6. The molecule has 1 saturated heterocycles. The van der Waals surface area contributed by atoms with Gasteiger partial charge in [-0.2, -0.15) is 0 Å². The summed E-state index contributed by atoms with van der Waals surface area (Å²) in [5.41, 5.74) is 1.38. The van der Waals surface area contributed by atoms with Crippen LogP contribution in [0.15, 0.2) is 29.3 Å². The number of esters is 1. The van der Waals surface area contributed by atoms with Gasteiger partial charge in [0.25, 0.3) is 5.91 Å². The number of rotatable bonds is 8. The summed E-state index contributed by atoms with van der Waals surface area (Å²) in [5.74, 6) is 0.956. The average Bonchev–Trinajstić information content (AvgIpc) is 3.19. The first kappa shape index (κ1) is 33.5. The van der Waals surface area contributed by atoms with Crippen LogP contribution in [0.1, 0.15) is 136 Å². The van der Waals surface area contributed by atoms with Crippen LogP contribution in [0, 0.1) is 16.7 Å². The Kier molecular flexibility index (Phi) is 10.4. The largest absolute Gasteiger partial charge is 0.459 e. The topological polar surface area (TPSA) is 71.4 Å². The van der Waals surface area contributed by atoms with Gasteiger partial charge in [-0.25, -0.2) is 9.79 Å². The number of ether oxygens (including phenoxy) is 2. The molecule has 1 unspecified atom stereocenters. The third kappa shape index (κ3) is 8.01. The van der Waals surface area contributed by atoms with Gasteiger partial charge < -0.3 is 19.3 Å². The molecule has 1 saturated carbocycles. The molecule has 2 heterocycles. The lowest BCUT2D eigenvalue weighted by Crippen LogP contribution is -2.53. The molecule has 1 spiro atoms. The summed E-state index contributed by atoms with van der Waals surface area (Å²) in [6.07, 6.45) is 7.62. The summed E-state index contributed by atoms with van der Waals surface area (Å²) < 4.78 is 11.5. The lowest BCUT2D eigenvalue weighted by Gasteiger charge is -2.47. The molecule has 7 nitrogen and oxygen atoms in total. The van der Waals surface area contributed by atoms with Crippen molar-refractivity contribution < 1.29 is 19.1 Å². The van der Waals surface area contributed by atoms with Crippen LogP contribution in [-0.4, -0.2) is 65.1 Å². The lowest BCUT2D eigenvalue weighted by molar-refractivity contribution is -0.134. The molecule has 0 N–H and O–H groups in total. The van der Waals surface area contributed by atoms with Crippen molar-refractivity contribution in [2.45, 2.75) is 138 Å². The number of hydrogen-bond donors (Lipinski definition) is 0. The molecule has 2 aliphatic heterocycles. The SMILES string of the molecule is CCOC1CCCN(C2=NC3(CCC(C(C)(C)C)CC3)N([C@H](CCC(C)(C)C)c3ccc(C(=O)OC(C)C)cc3)C2=O)C1. The standard InChI is InChI=1S/C36H57N3O4/c1-10-42-29-12-11-23-38(24-29)31-32(40)39(36(37-31)21-17-28(18-22-36)35(7,8)9)30(19-20-34(4,5)6)26-13-15-27(16-14-26)33(41)43-25(2)3/h13-16,25,28-30H,10-12,17-24H2,1-9H3/t28?,29?,30-,36?/m1/s1. The molecule has 0 aromatic heterocycles. The minimum atomic E-state index is -0.551. The highest BCUT2D eigenvalue weighted by Crippen LogP contribution is 2.50. The highest BCUT2D eigenvalue weighted by molar-refractivity contribution is 6.39. The number of amidine groups is 1. The van der Waals surface area contributed by atoms with Crippen molar-refractivity contribution in [2.75, 3.05) is 19.7 Å². The smallest absolute Gasteiger partial charge is 0.338 e. The van der Waals surface area contributed by atoms with Crippen molar-refractivity contribution in [3.63, 3.8) is 0 Å². The van der Waals surface area contributed by atoms with Gasteiger partial charge in [0.05, 0.1) is 23.8 Å². The fourth-order valence-corrected chi connectivity index (χ4v) is 7.17. The first-order chi connectivity index (χ1) is 20.1. The zero-order valence-corrected chi connectivity index (χ0v) is 28.4. The molecule has 1 aromatic carbocycles. The van der Waals surface area contributed by atoms with Gasteiger partial charge in [0, 0.05) is 19.7 Å². The van der Waals surface area contributed by atoms with Gasteiger partial charge in [0.15, 0.2) is 5.84 Å². The molecule has 1 aromatic rings. The summed E-state index contributed by atoms with van der Waals surface area (Å²) in [6.45, 7) is 21.8. The average molecular weight is 596 g/mol. The van der Waals surface area contributed by atoms with Crippen molar-refractivity contribution >= 4 is 17.7 Å². The maximum Gasteiger partial charge on any atom is 0.338 e.